The van der Waals surface area contributed by atoms with Crippen LogP contribution in [-0.4, -0.2) is 24.6 Å². The summed E-state index contributed by atoms with van der Waals surface area (Å²) in [6, 6.07) is 26.2. The first-order valence-electron chi connectivity index (χ1n) is 9.99. The lowest BCUT2D eigenvalue weighted by Gasteiger charge is -2.23. The van der Waals surface area contributed by atoms with Crippen molar-refractivity contribution in [1.29, 1.82) is 0 Å². The van der Waals surface area contributed by atoms with Gasteiger partial charge < -0.3 is 4.74 Å². The van der Waals surface area contributed by atoms with Crippen molar-refractivity contribution in [3.8, 4) is 5.75 Å². The van der Waals surface area contributed by atoms with Crippen molar-refractivity contribution in [3.05, 3.63) is 90.5 Å². The van der Waals surface area contributed by atoms with Gasteiger partial charge in [0.2, 0.25) is 11.8 Å². The minimum Gasteiger partial charge on any atom is -0.497 e. The van der Waals surface area contributed by atoms with Crippen LogP contribution in [0, 0.1) is 0 Å². The topological polar surface area (TPSA) is 71.0 Å². The molecule has 0 aliphatic heterocycles. The van der Waals surface area contributed by atoms with Crippen LogP contribution in [0.25, 0.3) is 0 Å². The average Bonchev–Trinajstić information content (AvgIpc) is 2.82. The summed E-state index contributed by atoms with van der Waals surface area (Å²) < 4.78 is 5.21. The minimum absolute atomic E-state index is 0.0316. The summed E-state index contributed by atoms with van der Waals surface area (Å²) in [5, 5.41) is 4.15. The Morgan fingerprint density at radius 2 is 1.48 bits per heavy atom. The number of nitrogens with one attached hydrogen (secondary N) is 1. The number of para-hydroxylation sites is 2. The smallest absolute Gasteiger partial charge is 0.240 e. The number of methoxy groups -OCH3 is 1. The zero-order valence-electron chi connectivity index (χ0n) is 17.6. The van der Waals surface area contributed by atoms with Gasteiger partial charge in [-0.3, -0.25) is 14.5 Å². The lowest BCUT2D eigenvalue weighted by Crippen LogP contribution is -2.28. The van der Waals surface area contributed by atoms with Gasteiger partial charge in [-0.15, -0.1) is 0 Å². The van der Waals surface area contributed by atoms with E-state index in [1.54, 1.807) is 18.9 Å². The fourth-order valence-electron chi connectivity index (χ4n) is 3.04. The number of hydrogen-bond acceptors (Lipinski definition) is 4. The summed E-state index contributed by atoms with van der Waals surface area (Å²) in [7, 11) is 1.60. The normalized spacial score (nSPS) is 11.0. The van der Waals surface area contributed by atoms with Crippen LogP contribution in [0.3, 0.4) is 0 Å². The number of anilines is 2. The first-order chi connectivity index (χ1) is 15.1. The molecule has 0 unspecified atom stereocenters. The molecule has 0 saturated heterocycles. The number of nitrogens with zero attached hydrogens (tertiary/aromatic N) is 2. The van der Waals surface area contributed by atoms with E-state index in [0.717, 1.165) is 16.9 Å². The van der Waals surface area contributed by atoms with Crippen molar-refractivity contribution in [2.75, 3.05) is 12.0 Å². The van der Waals surface area contributed by atoms with Gasteiger partial charge in [-0.25, -0.2) is 5.43 Å². The van der Waals surface area contributed by atoms with Crippen LogP contribution in [0.4, 0.5) is 11.4 Å². The van der Waals surface area contributed by atoms with Crippen LogP contribution in [0.2, 0.25) is 0 Å². The maximum atomic E-state index is 13.0. The van der Waals surface area contributed by atoms with E-state index in [1.165, 1.54) is 0 Å². The minimum atomic E-state index is -0.323. The van der Waals surface area contributed by atoms with Crippen molar-refractivity contribution < 1.29 is 14.3 Å². The number of carbonyl (C=O) groups excluding carboxylic acids is 2. The van der Waals surface area contributed by atoms with Crippen molar-refractivity contribution in [1.82, 2.24) is 5.43 Å². The maximum absolute atomic E-state index is 13.0. The predicted octanol–water partition coefficient (Wildman–Crippen LogP) is 4.68. The number of hydrogen-bond donors (Lipinski definition) is 1. The predicted molar refractivity (Wildman–Crippen MR) is 123 cm³/mol. The highest BCUT2D eigenvalue weighted by atomic mass is 16.5. The van der Waals surface area contributed by atoms with E-state index in [1.807, 2.05) is 84.9 Å². The molecule has 0 fully saturated rings. The van der Waals surface area contributed by atoms with E-state index >= 15 is 0 Å². The molecule has 0 aromatic heterocycles. The number of rotatable bonds is 8. The molecule has 31 heavy (non-hydrogen) atoms. The molecule has 158 valence electrons. The number of benzene rings is 3. The molecule has 2 amide bonds. The quantitative estimate of drug-likeness (QED) is 0.429. The van der Waals surface area contributed by atoms with Gasteiger partial charge in [0.1, 0.15) is 5.75 Å². The van der Waals surface area contributed by atoms with Crippen LogP contribution >= 0.6 is 0 Å². The molecule has 0 aliphatic rings. The molecule has 0 radical (unpaired) electrons. The molecular formula is C25H25N3O3. The van der Waals surface area contributed by atoms with Crippen LogP contribution in [-0.2, 0) is 9.59 Å². The second kappa shape index (κ2) is 10.7. The van der Waals surface area contributed by atoms with Gasteiger partial charge in [0, 0.05) is 29.8 Å². The molecule has 0 saturated carbocycles. The fraction of sp³-hybridized carbons (Fsp3) is 0.160. The Hall–Kier alpha value is -3.93. The van der Waals surface area contributed by atoms with Crippen LogP contribution in [0.1, 0.15) is 25.3 Å². The molecular weight excluding hydrogens is 390 g/mol. The zero-order chi connectivity index (χ0) is 22.1. The lowest BCUT2D eigenvalue weighted by molar-refractivity contribution is -0.124. The maximum Gasteiger partial charge on any atom is 0.240 e. The Morgan fingerprint density at radius 1 is 0.871 bits per heavy atom. The Bertz CT molecular complexity index is 1010. The molecule has 0 aliphatic carbocycles. The molecule has 0 bridgehead atoms. The number of amides is 2. The van der Waals surface area contributed by atoms with Crippen molar-refractivity contribution in [3.63, 3.8) is 0 Å². The van der Waals surface area contributed by atoms with E-state index in [9.17, 15) is 9.59 Å². The van der Waals surface area contributed by atoms with Gasteiger partial charge in [-0.2, -0.15) is 5.10 Å². The molecule has 6 heteroatoms. The summed E-state index contributed by atoms with van der Waals surface area (Å²) in [5.41, 5.74) is 5.53. The summed E-state index contributed by atoms with van der Waals surface area (Å²) in [6.45, 7) is 1.80. The third-order valence-corrected chi connectivity index (χ3v) is 4.68. The molecule has 0 heterocycles. The molecule has 3 aromatic carbocycles. The number of ether oxygens (including phenoxy) is 1. The number of carbonyl (C=O) groups is 2. The number of hydrazone groups is 1. The Kier molecular flexibility index (Phi) is 7.54. The molecule has 6 nitrogen and oxygen atoms in total. The van der Waals surface area contributed by atoms with E-state index in [-0.39, 0.29) is 24.7 Å². The van der Waals surface area contributed by atoms with Crippen molar-refractivity contribution >= 4 is 28.9 Å². The second-order valence-corrected chi connectivity index (χ2v) is 6.86. The molecule has 3 aromatic rings. The summed E-state index contributed by atoms with van der Waals surface area (Å²) in [4.78, 5) is 26.9. The highest BCUT2D eigenvalue weighted by molar-refractivity contribution is 6.02. The van der Waals surface area contributed by atoms with Crippen molar-refractivity contribution in [2.45, 2.75) is 19.8 Å². The van der Waals surface area contributed by atoms with Crippen LogP contribution in [0.5, 0.6) is 5.75 Å². The third kappa shape index (κ3) is 6.02. The molecule has 0 spiro atoms. The first-order valence-corrected chi connectivity index (χ1v) is 9.99. The van der Waals surface area contributed by atoms with E-state index in [4.69, 9.17) is 4.74 Å². The van der Waals surface area contributed by atoms with Gasteiger partial charge in [-0.1, -0.05) is 48.5 Å². The molecule has 1 N–H and O–H groups in total. The Morgan fingerprint density at radius 3 is 2.06 bits per heavy atom. The van der Waals surface area contributed by atoms with Gasteiger partial charge >= 0.3 is 0 Å². The SMILES string of the molecule is COc1cccc(C(C)=NNC(=O)CCC(=O)N(c2ccccc2)c2ccccc2)c1. The average molecular weight is 415 g/mol. The van der Waals surface area contributed by atoms with Gasteiger partial charge in [0.25, 0.3) is 0 Å². The highest BCUT2D eigenvalue weighted by Gasteiger charge is 2.18. The van der Waals surface area contributed by atoms with Gasteiger partial charge in [0.15, 0.2) is 0 Å². The standard InChI is InChI=1S/C25H25N3O3/c1-19(20-10-9-15-23(18-20)31-2)26-27-24(29)16-17-25(30)28(21-11-5-3-6-12-21)22-13-7-4-8-14-22/h3-15,18H,16-17H2,1-2H3,(H,27,29). The van der Waals surface area contributed by atoms with E-state index < -0.39 is 0 Å². The van der Waals surface area contributed by atoms with Gasteiger partial charge in [-0.05, 0) is 43.3 Å². The zero-order valence-corrected chi connectivity index (χ0v) is 17.6. The van der Waals surface area contributed by atoms with E-state index in [0.29, 0.717) is 11.5 Å². The summed E-state index contributed by atoms with van der Waals surface area (Å²) >= 11 is 0. The van der Waals surface area contributed by atoms with Crippen LogP contribution < -0.4 is 15.1 Å². The third-order valence-electron chi connectivity index (χ3n) is 4.68. The Labute approximate surface area is 182 Å². The first kappa shape index (κ1) is 21.8. The summed E-state index contributed by atoms with van der Waals surface area (Å²) in [5.74, 6) is 0.226. The fourth-order valence-corrected chi connectivity index (χ4v) is 3.04. The summed E-state index contributed by atoms with van der Waals surface area (Å²) in [6.07, 6.45) is 0.0905. The largest absolute Gasteiger partial charge is 0.497 e. The van der Waals surface area contributed by atoms with E-state index in [2.05, 4.69) is 10.5 Å². The second-order valence-electron chi connectivity index (χ2n) is 6.86. The lowest BCUT2D eigenvalue weighted by atomic mass is 10.1. The van der Waals surface area contributed by atoms with Crippen LogP contribution in [0.15, 0.2) is 90.0 Å². The monoisotopic (exact) mass is 415 g/mol. The Balaban J connectivity index is 1.63. The molecule has 0 atom stereocenters. The van der Waals surface area contributed by atoms with Gasteiger partial charge in [0.05, 0.1) is 12.8 Å². The van der Waals surface area contributed by atoms with Crippen molar-refractivity contribution in [2.24, 2.45) is 5.10 Å². The molecule has 3 rings (SSSR count). The highest BCUT2D eigenvalue weighted by Crippen LogP contribution is 2.26.